The molecule has 1 aromatic heterocycles. The van der Waals surface area contributed by atoms with E-state index in [1.165, 1.54) is 55.1 Å². The maximum absolute atomic E-state index is 4.30. The molecule has 0 amide bonds. The molecular weight excluding hydrogens is 386 g/mol. The molecule has 0 saturated heterocycles. The van der Waals surface area contributed by atoms with Gasteiger partial charge in [-0.25, -0.2) is 0 Å². The molecule has 0 N–H and O–H groups in total. The van der Waals surface area contributed by atoms with Gasteiger partial charge < -0.3 is 4.57 Å². The van der Waals surface area contributed by atoms with Crippen LogP contribution in [0.4, 0.5) is 0 Å². The molecule has 0 atom stereocenters. The maximum Gasteiger partial charge on any atom is 0.0495 e. The van der Waals surface area contributed by atoms with Gasteiger partial charge in [0, 0.05) is 28.7 Å². The summed E-state index contributed by atoms with van der Waals surface area (Å²) in [6, 6.07) is 39.2. The summed E-state index contributed by atoms with van der Waals surface area (Å²) in [6.07, 6.45) is 0. The average molecular weight is 410 g/mol. The summed E-state index contributed by atoms with van der Waals surface area (Å²) in [5.41, 5.74) is 8.69. The van der Waals surface area contributed by atoms with Crippen LogP contribution in [0.5, 0.6) is 0 Å². The van der Waals surface area contributed by atoms with E-state index < -0.39 is 0 Å². The molecule has 1 heterocycles. The summed E-state index contributed by atoms with van der Waals surface area (Å²) in [5, 5.41) is 4.87. The molecule has 6 aromatic rings. The first kappa shape index (κ1) is 18.7. The van der Waals surface area contributed by atoms with Crippen LogP contribution in [0.3, 0.4) is 0 Å². The van der Waals surface area contributed by atoms with Crippen molar-refractivity contribution in [1.82, 2.24) is 4.57 Å². The van der Waals surface area contributed by atoms with E-state index in [2.05, 4.69) is 127 Å². The Kier molecular flexibility index (Phi) is 4.22. The van der Waals surface area contributed by atoms with Gasteiger partial charge in [0.2, 0.25) is 0 Å². The zero-order chi connectivity index (χ0) is 21.7. The summed E-state index contributed by atoms with van der Waals surface area (Å²) in [6.45, 7) is 4.30. The van der Waals surface area contributed by atoms with Gasteiger partial charge in [-0.05, 0) is 44.8 Å². The molecule has 32 heavy (non-hydrogen) atoms. The van der Waals surface area contributed by atoms with Crippen molar-refractivity contribution in [2.45, 2.75) is 0 Å². The zero-order valence-electron chi connectivity index (χ0n) is 18.0. The summed E-state index contributed by atoms with van der Waals surface area (Å²) in [4.78, 5) is 0. The Morgan fingerprint density at radius 1 is 0.500 bits per heavy atom. The second kappa shape index (κ2) is 7.25. The Balaban J connectivity index is 1.53. The third kappa shape index (κ3) is 2.79. The highest BCUT2D eigenvalue weighted by atomic mass is 14.9. The number of hydrogen-bond donors (Lipinski definition) is 0. The minimum atomic E-state index is 1.06. The molecule has 0 aliphatic rings. The first-order valence-electron chi connectivity index (χ1n) is 11.0. The predicted molar refractivity (Wildman–Crippen MR) is 137 cm³/mol. The number of aromatic nitrogens is 1. The molecule has 0 fully saturated rings. The standard InChI is InChI=1S/C31H23N/c1-21-25-13-8-14-29-28(19-20-30(31(25)29)32(21)2)27-12-7-6-11-26(27)24-17-15-23(16-18-24)22-9-4-3-5-10-22/h3-20H,1H2,2H3. The van der Waals surface area contributed by atoms with Crippen LogP contribution in [0, 0.1) is 0 Å². The first-order chi connectivity index (χ1) is 15.7. The molecule has 1 nitrogen and oxygen atoms in total. The highest BCUT2D eigenvalue weighted by molar-refractivity contribution is 6.15. The van der Waals surface area contributed by atoms with E-state index >= 15 is 0 Å². The van der Waals surface area contributed by atoms with Crippen LogP contribution in [-0.4, -0.2) is 4.57 Å². The van der Waals surface area contributed by atoms with Gasteiger partial charge in [-0.2, -0.15) is 0 Å². The molecule has 1 heteroatoms. The Morgan fingerprint density at radius 3 is 1.91 bits per heavy atom. The third-order valence-electron chi connectivity index (χ3n) is 6.62. The lowest BCUT2D eigenvalue weighted by Gasteiger charge is -2.14. The summed E-state index contributed by atoms with van der Waals surface area (Å²) < 4.78 is 2.19. The fraction of sp³-hybridized carbons (Fsp3) is 0.0323. The van der Waals surface area contributed by atoms with Crippen LogP contribution >= 0.6 is 0 Å². The Morgan fingerprint density at radius 2 is 1.12 bits per heavy atom. The summed E-state index contributed by atoms with van der Waals surface area (Å²) >= 11 is 0. The normalized spacial score (nSPS) is 11.4. The lowest BCUT2D eigenvalue weighted by molar-refractivity contribution is 0.939. The third-order valence-corrected chi connectivity index (χ3v) is 6.62. The van der Waals surface area contributed by atoms with Gasteiger partial charge >= 0.3 is 0 Å². The molecule has 5 aromatic carbocycles. The molecule has 6 rings (SSSR count). The highest BCUT2D eigenvalue weighted by Crippen LogP contribution is 2.39. The fourth-order valence-electron chi connectivity index (χ4n) is 4.91. The van der Waals surface area contributed by atoms with Gasteiger partial charge in [-0.1, -0.05) is 110 Å². The fourth-order valence-corrected chi connectivity index (χ4v) is 4.91. The molecule has 0 spiro atoms. The van der Waals surface area contributed by atoms with Crippen LogP contribution in [-0.2, 0) is 7.05 Å². The van der Waals surface area contributed by atoms with Gasteiger partial charge in [-0.3, -0.25) is 0 Å². The van der Waals surface area contributed by atoms with Gasteiger partial charge in [0.05, 0.1) is 0 Å². The van der Waals surface area contributed by atoms with E-state index in [0.29, 0.717) is 0 Å². The monoisotopic (exact) mass is 409 g/mol. The smallest absolute Gasteiger partial charge is 0.0495 e. The minimum Gasteiger partial charge on any atom is -0.344 e. The van der Waals surface area contributed by atoms with Crippen molar-refractivity contribution >= 4 is 28.3 Å². The van der Waals surface area contributed by atoms with E-state index in [4.69, 9.17) is 0 Å². The van der Waals surface area contributed by atoms with Crippen molar-refractivity contribution in [3.8, 4) is 33.4 Å². The average Bonchev–Trinajstić information content (AvgIpc) is 3.11. The van der Waals surface area contributed by atoms with Crippen molar-refractivity contribution in [3.63, 3.8) is 0 Å². The van der Waals surface area contributed by atoms with Gasteiger partial charge in [0.25, 0.3) is 0 Å². The number of nitrogens with zero attached hydrogens (tertiary/aromatic N) is 1. The van der Waals surface area contributed by atoms with E-state index in [-0.39, 0.29) is 0 Å². The number of aryl methyl sites for hydroxylation is 1. The van der Waals surface area contributed by atoms with E-state index in [9.17, 15) is 0 Å². The van der Waals surface area contributed by atoms with Crippen LogP contribution in [0.1, 0.15) is 0 Å². The Hall–Kier alpha value is -4.10. The van der Waals surface area contributed by atoms with E-state index in [1.54, 1.807) is 0 Å². The molecule has 0 aliphatic heterocycles. The summed E-state index contributed by atoms with van der Waals surface area (Å²) in [5.74, 6) is 0. The minimum absolute atomic E-state index is 1.06. The van der Waals surface area contributed by atoms with Gasteiger partial charge in [0.1, 0.15) is 0 Å². The number of rotatable bonds is 3. The Labute approximate surface area is 187 Å². The number of benzene rings is 5. The van der Waals surface area contributed by atoms with Crippen molar-refractivity contribution < 1.29 is 0 Å². The molecule has 0 aliphatic carbocycles. The van der Waals surface area contributed by atoms with Gasteiger partial charge in [-0.15, -0.1) is 0 Å². The van der Waals surface area contributed by atoms with Crippen molar-refractivity contribution in [2.24, 2.45) is 7.05 Å². The number of hydrogen-bond acceptors (Lipinski definition) is 0. The lowest BCUT2D eigenvalue weighted by atomic mass is 9.90. The van der Waals surface area contributed by atoms with E-state index in [1.807, 2.05) is 0 Å². The van der Waals surface area contributed by atoms with Gasteiger partial charge in [0.15, 0.2) is 0 Å². The quantitative estimate of drug-likeness (QED) is 0.286. The molecule has 0 saturated carbocycles. The summed E-state index contributed by atoms with van der Waals surface area (Å²) in [7, 11) is 2.10. The largest absolute Gasteiger partial charge is 0.344 e. The molecule has 0 bridgehead atoms. The van der Waals surface area contributed by atoms with E-state index in [0.717, 1.165) is 5.35 Å². The second-order valence-electron chi connectivity index (χ2n) is 8.36. The molecule has 152 valence electrons. The Bertz CT molecular complexity index is 1620. The SMILES string of the molecule is C=c1c2cccc3c(-c4ccccc4-c4ccc(-c5ccccc5)cc4)ccc(c32)n1C. The second-order valence-corrected chi connectivity index (χ2v) is 8.36. The zero-order valence-corrected chi connectivity index (χ0v) is 18.0. The molecular formula is C31H23N. The predicted octanol–water partition coefficient (Wildman–Crippen LogP) is 7.46. The topological polar surface area (TPSA) is 4.93 Å². The van der Waals surface area contributed by atoms with Crippen molar-refractivity contribution in [2.75, 3.05) is 0 Å². The van der Waals surface area contributed by atoms with Crippen LogP contribution in [0.15, 0.2) is 109 Å². The molecule has 0 radical (unpaired) electrons. The first-order valence-corrected chi connectivity index (χ1v) is 11.0. The van der Waals surface area contributed by atoms with Crippen LogP contribution in [0.2, 0.25) is 0 Å². The van der Waals surface area contributed by atoms with Crippen molar-refractivity contribution in [1.29, 1.82) is 0 Å². The molecule has 0 unspecified atom stereocenters. The maximum atomic E-state index is 4.30. The lowest BCUT2D eigenvalue weighted by Crippen LogP contribution is -2.09. The van der Waals surface area contributed by atoms with Crippen molar-refractivity contribution in [3.05, 3.63) is 115 Å². The van der Waals surface area contributed by atoms with Crippen LogP contribution in [0.25, 0.3) is 61.6 Å². The van der Waals surface area contributed by atoms with Crippen LogP contribution < -0.4 is 5.35 Å². The highest BCUT2D eigenvalue weighted by Gasteiger charge is 2.15.